The summed E-state index contributed by atoms with van der Waals surface area (Å²) >= 11 is -0.106. The standard InChI is InChI=1S/2C24H28NP.2ClH.Pd/c2*1-18(2)22-16-11-17-23(19(3)4)24(22)25-26(20-12-7-5-8-13-20)21-14-9-6-10-15-21;;;/h2*5-19,25H,1-4H3;2*1H;/q;;;;+2/p-2. The molecule has 292 valence electrons. The molecule has 0 fully saturated rings. The van der Waals surface area contributed by atoms with E-state index in [-0.39, 0.29) is 15.9 Å². The van der Waals surface area contributed by atoms with Crippen molar-refractivity contribution in [2.45, 2.75) is 79.1 Å². The number of para-hydroxylation sites is 2. The molecule has 0 atom stereocenters. The number of benzene rings is 6. The average molecular weight is 900 g/mol. The molecule has 0 spiro atoms. The van der Waals surface area contributed by atoms with E-state index in [1.54, 1.807) is 0 Å². The Kier molecular flexibility index (Phi) is 19.0. The topological polar surface area (TPSA) is 24.1 Å². The third kappa shape index (κ3) is 13.0. The summed E-state index contributed by atoms with van der Waals surface area (Å²) in [6, 6.07) is 56.7. The van der Waals surface area contributed by atoms with Gasteiger partial charge in [0, 0.05) is 32.6 Å². The van der Waals surface area contributed by atoms with Gasteiger partial charge in [-0.25, -0.2) is 0 Å². The van der Waals surface area contributed by atoms with Crippen molar-refractivity contribution in [3.63, 3.8) is 0 Å². The Hall–Kier alpha value is -2.98. The minimum absolute atomic E-state index is 0.106. The van der Waals surface area contributed by atoms with Crippen LogP contribution in [0.1, 0.15) is 101 Å². The van der Waals surface area contributed by atoms with E-state index in [2.05, 4.69) is 223 Å². The van der Waals surface area contributed by atoms with Gasteiger partial charge in [0.1, 0.15) is 0 Å². The van der Waals surface area contributed by atoms with Crippen LogP contribution >= 0.6 is 35.2 Å². The van der Waals surface area contributed by atoms with Gasteiger partial charge in [0.25, 0.3) is 0 Å². The normalized spacial score (nSPS) is 11.1. The second-order valence-electron chi connectivity index (χ2n) is 14.5. The van der Waals surface area contributed by atoms with Gasteiger partial charge >= 0.3 is 35.0 Å². The van der Waals surface area contributed by atoms with Crippen LogP contribution in [0.3, 0.4) is 0 Å². The molecule has 6 aromatic rings. The third-order valence-electron chi connectivity index (χ3n) is 9.25. The molecule has 2 N–H and O–H groups in total. The van der Waals surface area contributed by atoms with E-state index in [9.17, 15) is 0 Å². The zero-order chi connectivity index (χ0) is 39.7. The average Bonchev–Trinajstić information content (AvgIpc) is 3.20. The Labute approximate surface area is 350 Å². The van der Waals surface area contributed by atoms with Gasteiger partial charge < -0.3 is 10.2 Å². The first-order valence-electron chi connectivity index (χ1n) is 19.0. The Balaban J connectivity index is 0.000000228. The first-order chi connectivity index (χ1) is 26.6. The van der Waals surface area contributed by atoms with Crippen LogP contribution in [0.2, 0.25) is 0 Å². The molecule has 0 aliphatic heterocycles. The maximum absolute atomic E-state index is 4.81. The van der Waals surface area contributed by atoms with E-state index in [1.165, 1.54) is 54.8 Å². The molecule has 0 heterocycles. The van der Waals surface area contributed by atoms with Crippen molar-refractivity contribution in [3.05, 3.63) is 180 Å². The van der Waals surface area contributed by atoms with Crippen LogP contribution in [0.25, 0.3) is 0 Å². The number of halogens is 2. The predicted octanol–water partition coefficient (Wildman–Crippen LogP) is 14.2. The molecule has 0 saturated carbocycles. The molecule has 2 nitrogen and oxygen atoms in total. The fourth-order valence-electron chi connectivity index (χ4n) is 6.45. The summed E-state index contributed by atoms with van der Waals surface area (Å²) in [5.41, 5.74) is 8.23. The monoisotopic (exact) mass is 898 g/mol. The van der Waals surface area contributed by atoms with Gasteiger partial charge in [0.15, 0.2) is 0 Å². The zero-order valence-corrected chi connectivity index (χ0v) is 38.1. The number of nitrogens with one attached hydrogen (secondary N) is 2. The number of hydrogen-bond donors (Lipinski definition) is 2. The molecule has 0 unspecified atom stereocenters. The molecule has 0 amide bonds. The molecule has 7 heteroatoms. The summed E-state index contributed by atoms with van der Waals surface area (Å²) in [6.07, 6.45) is 0. The van der Waals surface area contributed by atoms with Crippen LogP contribution in [0, 0.1) is 0 Å². The van der Waals surface area contributed by atoms with Crippen molar-refractivity contribution >= 4 is 67.8 Å². The summed E-state index contributed by atoms with van der Waals surface area (Å²) in [5, 5.41) is 13.3. The van der Waals surface area contributed by atoms with Gasteiger partial charge in [-0.2, -0.15) is 0 Å². The number of rotatable bonds is 12. The first-order valence-corrected chi connectivity index (χ1v) is 25.7. The fourth-order valence-corrected chi connectivity index (χ4v) is 10.4. The van der Waals surface area contributed by atoms with Crippen LogP contribution in [0.4, 0.5) is 11.4 Å². The number of hydrogen-bond acceptors (Lipinski definition) is 2. The summed E-state index contributed by atoms with van der Waals surface area (Å²) in [7, 11) is 8.31. The Morgan fingerprint density at radius 1 is 0.345 bits per heavy atom. The van der Waals surface area contributed by atoms with Crippen LogP contribution in [0.15, 0.2) is 158 Å². The van der Waals surface area contributed by atoms with E-state index in [1.807, 2.05) is 0 Å². The van der Waals surface area contributed by atoms with E-state index in [0.29, 0.717) is 23.7 Å². The van der Waals surface area contributed by atoms with Crippen molar-refractivity contribution in [1.82, 2.24) is 0 Å². The maximum atomic E-state index is 4.81. The Morgan fingerprint density at radius 3 is 0.727 bits per heavy atom. The van der Waals surface area contributed by atoms with E-state index >= 15 is 0 Å². The molecule has 0 aliphatic carbocycles. The van der Waals surface area contributed by atoms with Gasteiger partial charge in [-0.1, -0.05) is 213 Å². The summed E-state index contributed by atoms with van der Waals surface area (Å²) in [4.78, 5) is 0. The van der Waals surface area contributed by atoms with E-state index in [0.717, 1.165) is 0 Å². The fraction of sp³-hybridized carbons (Fsp3) is 0.250. The molecular formula is C48H56Cl2N2P2Pd. The quantitative estimate of drug-likeness (QED) is 0.0945. The molecule has 0 radical (unpaired) electrons. The summed E-state index contributed by atoms with van der Waals surface area (Å²) in [5.74, 6) is 1.94. The molecule has 6 aromatic carbocycles. The SMILES string of the molecule is CC(C)c1cccc(C(C)C)c1NP(c1ccccc1)c1ccccc1.CC(C)c1cccc(C(C)C)c1NP(c1ccccc1)c1ccccc1.[Cl][Pd][Cl]. The van der Waals surface area contributed by atoms with Gasteiger partial charge in [0.05, 0.1) is 16.1 Å². The van der Waals surface area contributed by atoms with Crippen molar-refractivity contribution in [3.8, 4) is 0 Å². The van der Waals surface area contributed by atoms with Crippen molar-refractivity contribution in [2.75, 3.05) is 10.2 Å². The van der Waals surface area contributed by atoms with E-state index < -0.39 is 16.1 Å². The second kappa shape index (κ2) is 23.3. The zero-order valence-electron chi connectivity index (χ0n) is 33.3. The minimum atomic E-state index is -0.659. The molecule has 55 heavy (non-hydrogen) atoms. The van der Waals surface area contributed by atoms with Gasteiger partial charge in [-0.15, -0.1) is 0 Å². The number of anilines is 2. The predicted molar refractivity (Wildman–Crippen MR) is 246 cm³/mol. The molecular weight excluding hydrogens is 844 g/mol. The van der Waals surface area contributed by atoms with Crippen LogP contribution in [0.5, 0.6) is 0 Å². The van der Waals surface area contributed by atoms with Crippen LogP contribution in [-0.4, -0.2) is 0 Å². The molecule has 0 saturated heterocycles. The Morgan fingerprint density at radius 2 is 0.545 bits per heavy atom. The molecule has 0 aromatic heterocycles. The van der Waals surface area contributed by atoms with Crippen molar-refractivity contribution < 1.29 is 15.9 Å². The van der Waals surface area contributed by atoms with Crippen LogP contribution < -0.4 is 31.4 Å². The van der Waals surface area contributed by atoms with Gasteiger partial charge in [-0.05, 0) is 45.9 Å². The molecule has 6 rings (SSSR count). The summed E-state index contributed by atoms with van der Waals surface area (Å²) < 4.78 is 0. The first kappa shape index (κ1) is 44.7. The van der Waals surface area contributed by atoms with Crippen molar-refractivity contribution in [2.24, 2.45) is 0 Å². The molecule has 0 bridgehead atoms. The van der Waals surface area contributed by atoms with Crippen LogP contribution in [-0.2, 0) is 15.9 Å². The van der Waals surface area contributed by atoms with E-state index in [4.69, 9.17) is 19.1 Å². The van der Waals surface area contributed by atoms with Crippen molar-refractivity contribution in [1.29, 1.82) is 0 Å². The third-order valence-corrected chi connectivity index (χ3v) is 13.4. The second-order valence-corrected chi connectivity index (χ2v) is 20.7. The van der Waals surface area contributed by atoms with Gasteiger partial charge in [0.2, 0.25) is 0 Å². The Bertz CT molecular complexity index is 1700. The molecule has 0 aliphatic rings. The van der Waals surface area contributed by atoms with Gasteiger partial charge in [-0.3, -0.25) is 0 Å². The summed E-state index contributed by atoms with van der Waals surface area (Å²) in [6.45, 7) is 18.2.